The van der Waals surface area contributed by atoms with Crippen molar-refractivity contribution in [3.05, 3.63) is 0 Å². The first kappa shape index (κ1) is 7.00. The second-order valence-corrected chi connectivity index (χ2v) is 2.93. The molecule has 2 N–H and O–H groups in total. The van der Waals surface area contributed by atoms with Crippen LogP contribution in [0.15, 0.2) is 0 Å². The molecule has 4 atom stereocenters. The van der Waals surface area contributed by atoms with Gasteiger partial charge in [0.25, 0.3) is 0 Å². The van der Waals surface area contributed by atoms with Crippen LogP contribution < -0.4 is 5.73 Å². The highest BCUT2D eigenvalue weighted by molar-refractivity contribution is 5.08. The molecule has 0 aromatic carbocycles. The van der Waals surface area contributed by atoms with E-state index in [1.807, 2.05) is 0 Å². The third kappa shape index (κ3) is 0.767. The summed E-state index contributed by atoms with van der Waals surface area (Å²) in [6.45, 7) is 0. The zero-order valence-electron chi connectivity index (χ0n) is 4.68. The van der Waals surface area contributed by atoms with E-state index in [2.05, 4.69) is 0 Å². The lowest BCUT2D eigenvalue weighted by atomic mass is 10.2. The topological polar surface area (TPSA) is 26.0 Å². The second-order valence-electron chi connectivity index (χ2n) is 2.93. The molecule has 0 amide bonds. The largest absolute Gasteiger partial charge is 0.327 e. The molecule has 0 heterocycles. The van der Waals surface area contributed by atoms with Crippen LogP contribution in [0.1, 0.15) is 20.3 Å². The minimum absolute atomic E-state index is 0. The van der Waals surface area contributed by atoms with E-state index in [1.165, 1.54) is 0 Å². The Morgan fingerprint density at radius 2 is 2.00 bits per heavy atom. The number of halogens is 1. The van der Waals surface area contributed by atoms with Gasteiger partial charge in [-0.15, -0.1) is 0 Å². The summed E-state index contributed by atoms with van der Waals surface area (Å²) in [7, 11) is 0. The molecule has 0 bridgehead atoms. The van der Waals surface area contributed by atoms with Crippen molar-refractivity contribution in [2.45, 2.75) is 32.5 Å². The van der Waals surface area contributed by atoms with Gasteiger partial charge >= 0.3 is 0 Å². The molecule has 2 heteroatoms. The summed E-state index contributed by atoms with van der Waals surface area (Å²) in [5.41, 5.74) is 5.57. The third-order valence-corrected chi connectivity index (χ3v) is 2.46. The van der Waals surface area contributed by atoms with Crippen molar-refractivity contribution in [3.63, 3.8) is 0 Å². The first-order valence-electron chi connectivity index (χ1n) is 3.20. The Bertz CT molecular complexity index is 113. The number of alkyl halides is 1. The standard InChI is InChI=1S/C6H10FN.CH4/c7-6-3-1-2-4(8)5(3)6;/h3-6H,1-2,8H2;1H4. The van der Waals surface area contributed by atoms with E-state index in [0.29, 0.717) is 5.92 Å². The van der Waals surface area contributed by atoms with E-state index in [-0.39, 0.29) is 19.4 Å². The van der Waals surface area contributed by atoms with Crippen LogP contribution in [0.4, 0.5) is 4.39 Å². The van der Waals surface area contributed by atoms with Gasteiger partial charge in [0.2, 0.25) is 0 Å². The molecule has 0 aromatic rings. The van der Waals surface area contributed by atoms with Crippen molar-refractivity contribution in [3.8, 4) is 0 Å². The number of nitrogens with two attached hydrogens (primary N) is 1. The third-order valence-electron chi connectivity index (χ3n) is 2.46. The first-order valence-corrected chi connectivity index (χ1v) is 3.20. The van der Waals surface area contributed by atoms with Gasteiger partial charge in [0.1, 0.15) is 6.17 Å². The van der Waals surface area contributed by atoms with E-state index in [9.17, 15) is 4.39 Å². The van der Waals surface area contributed by atoms with Gasteiger partial charge in [-0.05, 0) is 18.8 Å². The molecule has 2 aliphatic carbocycles. The van der Waals surface area contributed by atoms with E-state index >= 15 is 0 Å². The fourth-order valence-corrected chi connectivity index (χ4v) is 1.84. The summed E-state index contributed by atoms with van der Waals surface area (Å²) in [6, 6.07) is 0.190. The van der Waals surface area contributed by atoms with Crippen LogP contribution in [0.3, 0.4) is 0 Å². The van der Waals surface area contributed by atoms with Gasteiger partial charge in [0.15, 0.2) is 0 Å². The molecule has 2 aliphatic rings. The Labute approximate surface area is 55.4 Å². The molecular formula is C7H14FN. The monoisotopic (exact) mass is 131 g/mol. The Kier molecular flexibility index (Phi) is 1.51. The fourth-order valence-electron chi connectivity index (χ4n) is 1.84. The normalized spacial score (nSPS) is 54.0. The van der Waals surface area contributed by atoms with Crippen molar-refractivity contribution in [1.29, 1.82) is 0 Å². The second kappa shape index (κ2) is 1.94. The quantitative estimate of drug-likeness (QED) is 0.527. The summed E-state index contributed by atoms with van der Waals surface area (Å²) in [5.74, 6) is 0.625. The average molecular weight is 131 g/mol. The first-order chi connectivity index (χ1) is 3.80. The van der Waals surface area contributed by atoms with Gasteiger partial charge in [0.05, 0.1) is 0 Å². The molecule has 0 radical (unpaired) electrons. The van der Waals surface area contributed by atoms with E-state index in [1.54, 1.807) is 0 Å². The molecule has 0 aliphatic heterocycles. The van der Waals surface area contributed by atoms with E-state index in [0.717, 1.165) is 12.8 Å². The molecule has 2 fully saturated rings. The van der Waals surface area contributed by atoms with Gasteiger partial charge in [-0.2, -0.15) is 0 Å². The molecule has 2 saturated carbocycles. The van der Waals surface area contributed by atoms with Crippen molar-refractivity contribution in [1.82, 2.24) is 0 Å². The number of fused-ring (bicyclic) bond motifs is 1. The molecule has 4 unspecified atom stereocenters. The zero-order chi connectivity index (χ0) is 5.72. The summed E-state index contributed by atoms with van der Waals surface area (Å²) in [4.78, 5) is 0. The van der Waals surface area contributed by atoms with Crippen LogP contribution in [0, 0.1) is 11.8 Å². The highest BCUT2D eigenvalue weighted by atomic mass is 19.1. The minimum atomic E-state index is -0.529. The summed E-state index contributed by atoms with van der Waals surface area (Å²) >= 11 is 0. The predicted octanol–water partition coefficient (Wildman–Crippen LogP) is 1.33. The van der Waals surface area contributed by atoms with Gasteiger partial charge in [-0.1, -0.05) is 7.43 Å². The average Bonchev–Trinajstić information content (AvgIpc) is 2.13. The van der Waals surface area contributed by atoms with Gasteiger partial charge < -0.3 is 5.73 Å². The van der Waals surface area contributed by atoms with Crippen LogP contribution >= 0.6 is 0 Å². The molecular weight excluding hydrogens is 117 g/mol. The SMILES string of the molecule is C.NC1CCC2C(F)C12. The fraction of sp³-hybridized carbons (Fsp3) is 1.00. The van der Waals surface area contributed by atoms with Gasteiger partial charge in [-0.3, -0.25) is 0 Å². The lowest BCUT2D eigenvalue weighted by molar-refractivity contribution is 0.382. The van der Waals surface area contributed by atoms with Gasteiger partial charge in [-0.25, -0.2) is 4.39 Å². The maximum Gasteiger partial charge on any atom is 0.108 e. The molecule has 0 aromatic heterocycles. The Morgan fingerprint density at radius 1 is 1.33 bits per heavy atom. The summed E-state index contributed by atoms with van der Waals surface area (Å²) < 4.78 is 12.4. The smallest absolute Gasteiger partial charge is 0.108 e. The van der Waals surface area contributed by atoms with E-state index < -0.39 is 6.17 Å². The van der Waals surface area contributed by atoms with Crippen LogP contribution in [0.25, 0.3) is 0 Å². The predicted molar refractivity (Wildman–Crippen MR) is 35.8 cm³/mol. The number of hydrogen-bond acceptors (Lipinski definition) is 1. The highest BCUT2D eigenvalue weighted by Gasteiger charge is 2.57. The maximum atomic E-state index is 12.4. The van der Waals surface area contributed by atoms with Crippen molar-refractivity contribution in [2.24, 2.45) is 17.6 Å². The summed E-state index contributed by atoms with van der Waals surface area (Å²) in [5, 5.41) is 0. The van der Waals surface area contributed by atoms with Crippen molar-refractivity contribution < 1.29 is 4.39 Å². The molecule has 54 valence electrons. The van der Waals surface area contributed by atoms with Crippen LogP contribution in [-0.2, 0) is 0 Å². The minimum Gasteiger partial charge on any atom is -0.327 e. The molecule has 1 nitrogen and oxygen atoms in total. The molecule has 9 heavy (non-hydrogen) atoms. The number of hydrogen-bond donors (Lipinski definition) is 1. The Balaban J connectivity index is 0.000000405. The Hall–Kier alpha value is -0.110. The van der Waals surface area contributed by atoms with E-state index in [4.69, 9.17) is 5.73 Å². The lowest BCUT2D eigenvalue weighted by Crippen LogP contribution is -2.20. The van der Waals surface area contributed by atoms with Crippen molar-refractivity contribution >= 4 is 0 Å². The Morgan fingerprint density at radius 3 is 2.22 bits per heavy atom. The molecule has 0 saturated heterocycles. The van der Waals surface area contributed by atoms with Crippen LogP contribution in [0.2, 0.25) is 0 Å². The maximum absolute atomic E-state index is 12.4. The molecule has 2 rings (SSSR count). The van der Waals surface area contributed by atoms with Crippen molar-refractivity contribution in [2.75, 3.05) is 0 Å². The zero-order valence-corrected chi connectivity index (χ0v) is 4.68. The van der Waals surface area contributed by atoms with Crippen LogP contribution in [-0.4, -0.2) is 12.2 Å². The highest BCUT2D eigenvalue weighted by Crippen LogP contribution is 2.53. The lowest BCUT2D eigenvalue weighted by Gasteiger charge is -2.01. The molecule has 0 spiro atoms. The summed E-state index contributed by atoms with van der Waals surface area (Å²) in [6.07, 6.45) is 1.56. The van der Waals surface area contributed by atoms with Crippen LogP contribution in [0.5, 0.6) is 0 Å². The van der Waals surface area contributed by atoms with Gasteiger partial charge in [0, 0.05) is 12.0 Å². The number of rotatable bonds is 0.